The molecule has 5 heteroatoms. The Bertz CT molecular complexity index is 422. The van der Waals surface area contributed by atoms with E-state index in [1.54, 1.807) is 6.07 Å². The molecule has 2 heterocycles. The number of aromatic nitrogens is 1. The molecule has 0 bridgehead atoms. The van der Waals surface area contributed by atoms with Crippen LogP contribution in [0.4, 0.5) is 0 Å². The van der Waals surface area contributed by atoms with Gasteiger partial charge in [-0.1, -0.05) is 13.0 Å². The molecule has 1 saturated heterocycles. The van der Waals surface area contributed by atoms with Crippen LogP contribution in [0.2, 0.25) is 0 Å². The SMILES string of the molecule is CCC1COCCN1Cc1cccc(C(=O)O)n1. The summed E-state index contributed by atoms with van der Waals surface area (Å²) in [6.45, 7) is 5.16. The molecule has 98 valence electrons. The van der Waals surface area contributed by atoms with Gasteiger partial charge >= 0.3 is 5.97 Å². The predicted molar refractivity (Wildman–Crippen MR) is 66.5 cm³/mol. The zero-order valence-electron chi connectivity index (χ0n) is 10.5. The molecule has 1 aromatic heterocycles. The quantitative estimate of drug-likeness (QED) is 0.875. The zero-order chi connectivity index (χ0) is 13.0. The third kappa shape index (κ3) is 3.05. The summed E-state index contributed by atoms with van der Waals surface area (Å²) < 4.78 is 5.45. The lowest BCUT2D eigenvalue weighted by atomic mass is 10.1. The maximum Gasteiger partial charge on any atom is 0.354 e. The minimum absolute atomic E-state index is 0.105. The van der Waals surface area contributed by atoms with Crippen LogP contribution in [0.15, 0.2) is 18.2 Å². The molecule has 0 spiro atoms. The lowest BCUT2D eigenvalue weighted by Crippen LogP contribution is -2.44. The molecule has 0 aromatic carbocycles. The molecule has 0 aliphatic carbocycles. The fourth-order valence-corrected chi connectivity index (χ4v) is 2.17. The van der Waals surface area contributed by atoms with Crippen LogP contribution < -0.4 is 0 Å². The van der Waals surface area contributed by atoms with Gasteiger partial charge in [-0.2, -0.15) is 0 Å². The first-order chi connectivity index (χ1) is 8.70. The Morgan fingerprint density at radius 2 is 2.44 bits per heavy atom. The molecule has 1 fully saturated rings. The van der Waals surface area contributed by atoms with Crippen molar-refractivity contribution >= 4 is 5.97 Å². The molecule has 0 saturated carbocycles. The summed E-state index contributed by atoms with van der Waals surface area (Å²) in [5.74, 6) is -0.981. The first-order valence-electron chi connectivity index (χ1n) is 6.21. The third-order valence-corrected chi connectivity index (χ3v) is 3.21. The molecule has 0 amide bonds. The van der Waals surface area contributed by atoms with Gasteiger partial charge in [0.25, 0.3) is 0 Å². The number of carboxylic acids is 1. The van der Waals surface area contributed by atoms with Gasteiger partial charge < -0.3 is 9.84 Å². The monoisotopic (exact) mass is 250 g/mol. The maximum atomic E-state index is 10.9. The van der Waals surface area contributed by atoms with Crippen LogP contribution in [0.25, 0.3) is 0 Å². The topological polar surface area (TPSA) is 62.7 Å². The van der Waals surface area contributed by atoms with Crippen LogP contribution >= 0.6 is 0 Å². The summed E-state index contributed by atoms with van der Waals surface area (Å²) in [5, 5.41) is 8.92. The second kappa shape index (κ2) is 5.93. The van der Waals surface area contributed by atoms with E-state index in [0.29, 0.717) is 12.6 Å². The average molecular weight is 250 g/mol. The number of nitrogens with zero attached hydrogens (tertiary/aromatic N) is 2. The van der Waals surface area contributed by atoms with E-state index in [9.17, 15) is 4.79 Å². The number of rotatable bonds is 4. The van der Waals surface area contributed by atoms with Gasteiger partial charge in [0.05, 0.1) is 18.9 Å². The fraction of sp³-hybridized carbons (Fsp3) is 0.538. The number of carboxylic acid groups (broad SMARTS) is 1. The summed E-state index contributed by atoms with van der Waals surface area (Å²) in [5.41, 5.74) is 0.907. The lowest BCUT2D eigenvalue weighted by molar-refractivity contribution is -0.0132. The Labute approximate surface area is 106 Å². The van der Waals surface area contributed by atoms with E-state index in [1.807, 2.05) is 6.07 Å². The van der Waals surface area contributed by atoms with Gasteiger partial charge in [0.2, 0.25) is 0 Å². The summed E-state index contributed by atoms with van der Waals surface area (Å²) in [6, 6.07) is 5.53. The molecule has 1 N–H and O–H groups in total. The highest BCUT2D eigenvalue weighted by molar-refractivity contribution is 5.85. The van der Waals surface area contributed by atoms with Crippen LogP contribution in [0.5, 0.6) is 0 Å². The third-order valence-electron chi connectivity index (χ3n) is 3.21. The van der Waals surface area contributed by atoms with E-state index in [4.69, 9.17) is 9.84 Å². The minimum atomic E-state index is -0.981. The van der Waals surface area contributed by atoms with E-state index < -0.39 is 5.97 Å². The largest absolute Gasteiger partial charge is 0.477 e. The van der Waals surface area contributed by atoms with Gasteiger partial charge in [0.15, 0.2) is 0 Å². The second-order valence-corrected chi connectivity index (χ2v) is 4.43. The van der Waals surface area contributed by atoms with Crippen molar-refractivity contribution < 1.29 is 14.6 Å². The van der Waals surface area contributed by atoms with Gasteiger partial charge in [-0.15, -0.1) is 0 Å². The Balaban J connectivity index is 2.07. The van der Waals surface area contributed by atoms with Crippen LogP contribution in [0.1, 0.15) is 29.5 Å². The molecule has 2 rings (SSSR count). The summed E-state index contributed by atoms with van der Waals surface area (Å²) in [7, 11) is 0. The highest BCUT2D eigenvalue weighted by Gasteiger charge is 2.21. The van der Waals surface area contributed by atoms with Crippen LogP contribution in [-0.4, -0.2) is 46.8 Å². The molecule has 1 aliphatic heterocycles. The molecule has 1 aromatic rings. The lowest BCUT2D eigenvalue weighted by Gasteiger charge is -2.34. The molecule has 1 aliphatic rings. The van der Waals surface area contributed by atoms with Gasteiger partial charge in [-0.3, -0.25) is 4.90 Å². The normalized spacial score (nSPS) is 20.8. The summed E-state index contributed by atoms with van der Waals surface area (Å²) in [6.07, 6.45) is 1.03. The number of aromatic carboxylic acids is 1. The van der Waals surface area contributed by atoms with Crippen molar-refractivity contribution in [3.8, 4) is 0 Å². The average Bonchev–Trinajstić information content (AvgIpc) is 2.39. The number of hydrogen-bond acceptors (Lipinski definition) is 4. The van der Waals surface area contributed by atoms with E-state index >= 15 is 0 Å². The number of morpholine rings is 1. The van der Waals surface area contributed by atoms with Crippen molar-refractivity contribution in [3.05, 3.63) is 29.6 Å². The number of carbonyl (C=O) groups is 1. The van der Waals surface area contributed by atoms with E-state index in [1.165, 1.54) is 6.07 Å². The smallest absolute Gasteiger partial charge is 0.354 e. The van der Waals surface area contributed by atoms with Crippen molar-refractivity contribution in [2.45, 2.75) is 25.9 Å². The summed E-state index contributed by atoms with van der Waals surface area (Å²) >= 11 is 0. The van der Waals surface area contributed by atoms with E-state index in [2.05, 4.69) is 16.8 Å². The van der Waals surface area contributed by atoms with Crippen molar-refractivity contribution in [1.82, 2.24) is 9.88 Å². The van der Waals surface area contributed by atoms with E-state index in [-0.39, 0.29) is 5.69 Å². The summed E-state index contributed by atoms with van der Waals surface area (Å²) in [4.78, 5) is 17.3. The zero-order valence-corrected chi connectivity index (χ0v) is 10.5. The van der Waals surface area contributed by atoms with Crippen LogP contribution in [0, 0.1) is 0 Å². The van der Waals surface area contributed by atoms with Crippen LogP contribution in [-0.2, 0) is 11.3 Å². The molecule has 0 radical (unpaired) electrons. The number of ether oxygens (including phenoxy) is 1. The van der Waals surface area contributed by atoms with E-state index in [0.717, 1.165) is 31.9 Å². The number of hydrogen-bond donors (Lipinski definition) is 1. The van der Waals surface area contributed by atoms with Gasteiger partial charge in [-0.25, -0.2) is 9.78 Å². The van der Waals surface area contributed by atoms with Gasteiger partial charge in [-0.05, 0) is 18.6 Å². The van der Waals surface area contributed by atoms with Crippen LogP contribution in [0.3, 0.4) is 0 Å². The number of pyridine rings is 1. The first kappa shape index (κ1) is 13.0. The Hall–Kier alpha value is -1.46. The molecular weight excluding hydrogens is 232 g/mol. The highest BCUT2D eigenvalue weighted by atomic mass is 16.5. The van der Waals surface area contributed by atoms with Crippen molar-refractivity contribution in [2.75, 3.05) is 19.8 Å². The molecule has 1 atom stereocenters. The Morgan fingerprint density at radius 3 is 3.17 bits per heavy atom. The Morgan fingerprint density at radius 1 is 1.61 bits per heavy atom. The Kier molecular flexibility index (Phi) is 4.28. The first-order valence-corrected chi connectivity index (χ1v) is 6.21. The van der Waals surface area contributed by atoms with Crippen molar-refractivity contribution in [2.24, 2.45) is 0 Å². The van der Waals surface area contributed by atoms with Crippen molar-refractivity contribution in [3.63, 3.8) is 0 Å². The molecule has 5 nitrogen and oxygen atoms in total. The second-order valence-electron chi connectivity index (χ2n) is 4.43. The molecular formula is C13H18N2O3. The highest BCUT2D eigenvalue weighted by Crippen LogP contribution is 2.13. The standard InChI is InChI=1S/C13H18N2O3/c1-2-11-9-18-7-6-15(11)8-10-4-3-5-12(14-10)13(16)17/h3-5,11H,2,6-9H2,1H3,(H,16,17). The fourth-order valence-electron chi connectivity index (χ4n) is 2.17. The van der Waals surface area contributed by atoms with Gasteiger partial charge in [0.1, 0.15) is 5.69 Å². The predicted octanol–water partition coefficient (Wildman–Crippen LogP) is 1.39. The van der Waals surface area contributed by atoms with Gasteiger partial charge in [0, 0.05) is 19.1 Å². The van der Waals surface area contributed by atoms with Crippen molar-refractivity contribution in [1.29, 1.82) is 0 Å². The molecule has 18 heavy (non-hydrogen) atoms. The molecule has 1 unspecified atom stereocenters. The minimum Gasteiger partial charge on any atom is -0.477 e. The maximum absolute atomic E-state index is 10.9.